The first kappa shape index (κ1) is 12.7. The zero-order valence-electron chi connectivity index (χ0n) is 8.70. The minimum absolute atomic E-state index is 0.0128. The van der Waals surface area contributed by atoms with Gasteiger partial charge in [-0.3, -0.25) is 9.59 Å². The molecule has 1 aromatic rings. The molecule has 6 heteroatoms. The van der Waals surface area contributed by atoms with Crippen molar-refractivity contribution in [3.05, 3.63) is 4.88 Å². The molecule has 82 valence electrons. The van der Waals surface area contributed by atoms with Crippen LogP contribution in [0, 0.1) is 0 Å². The lowest BCUT2D eigenvalue weighted by molar-refractivity contribution is -0.114. The zero-order valence-corrected chi connectivity index (χ0v) is 11.1. The van der Waals surface area contributed by atoms with Gasteiger partial charge in [-0.05, 0) is 13.2 Å². The molecule has 0 aromatic carbocycles. The molecule has 0 saturated carbocycles. The molecular weight excluding hydrogens is 250 g/mol. The van der Waals surface area contributed by atoms with Crippen molar-refractivity contribution in [3.63, 3.8) is 0 Å². The minimum Gasteiger partial charge on any atom is -0.299 e. The van der Waals surface area contributed by atoms with Crippen molar-refractivity contribution >= 4 is 46.4 Å². The Kier molecular flexibility index (Phi) is 4.82. The number of nitrogens with zero attached hydrogens (tertiary/aromatic N) is 1. The van der Waals surface area contributed by atoms with Crippen LogP contribution >= 0.6 is 34.9 Å². The largest absolute Gasteiger partial charge is 0.299 e. The molecule has 0 atom stereocenters. The van der Waals surface area contributed by atoms with E-state index in [4.69, 9.17) is 0 Å². The van der Waals surface area contributed by atoms with E-state index in [1.54, 1.807) is 0 Å². The van der Waals surface area contributed by atoms with Gasteiger partial charge in [0.15, 0.2) is 10.1 Å². The molecule has 0 radical (unpaired) electrons. The lowest BCUT2D eigenvalue weighted by atomic mass is 10.4. The SMILES string of the molecule is CSc1nc(SCC(C)=O)c(C(C)=O)s1. The number of carbonyl (C=O) groups is 2. The Bertz CT molecular complexity index is 387. The Morgan fingerprint density at radius 2 is 2.07 bits per heavy atom. The quantitative estimate of drug-likeness (QED) is 0.602. The predicted molar refractivity (Wildman–Crippen MR) is 65.3 cm³/mol. The van der Waals surface area contributed by atoms with E-state index in [-0.39, 0.29) is 11.6 Å². The van der Waals surface area contributed by atoms with E-state index in [9.17, 15) is 9.59 Å². The number of thiazole rings is 1. The highest BCUT2D eigenvalue weighted by atomic mass is 32.2. The highest BCUT2D eigenvalue weighted by Gasteiger charge is 2.15. The average Bonchev–Trinajstić information content (AvgIpc) is 2.57. The molecule has 0 aliphatic heterocycles. The summed E-state index contributed by atoms with van der Waals surface area (Å²) >= 11 is 4.24. The maximum Gasteiger partial charge on any atom is 0.172 e. The summed E-state index contributed by atoms with van der Waals surface area (Å²) in [6, 6.07) is 0. The van der Waals surface area contributed by atoms with Crippen LogP contribution in [-0.4, -0.2) is 28.6 Å². The van der Waals surface area contributed by atoms with E-state index >= 15 is 0 Å². The molecule has 0 fully saturated rings. The molecule has 0 N–H and O–H groups in total. The number of carbonyl (C=O) groups excluding carboxylic acids is 2. The van der Waals surface area contributed by atoms with Gasteiger partial charge >= 0.3 is 0 Å². The van der Waals surface area contributed by atoms with Crippen LogP contribution in [0.1, 0.15) is 23.5 Å². The number of thioether (sulfide) groups is 2. The van der Waals surface area contributed by atoms with Crippen molar-refractivity contribution in [2.45, 2.75) is 23.2 Å². The fourth-order valence-electron chi connectivity index (χ4n) is 0.865. The topological polar surface area (TPSA) is 47.0 Å². The number of Topliss-reactive ketones (excluding diaryl/α,β-unsaturated/α-hetero) is 2. The molecule has 0 amide bonds. The Balaban J connectivity index is 2.88. The van der Waals surface area contributed by atoms with Gasteiger partial charge < -0.3 is 0 Å². The summed E-state index contributed by atoms with van der Waals surface area (Å²) in [6.45, 7) is 3.05. The Morgan fingerprint density at radius 3 is 2.53 bits per heavy atom. The van der Waals surface area contributed by atoms with Crippen LogP contribution in [0.3, 0.4) is 0 Å². The van der Waals surface area contributed by atoms with Crippen LogP contribution in [0.25, 0.3) is 0 Å². The fourth-order valence-corrected chi connectivity index (χ4v) is 3.41. The van der Waals surface area contributed by atoms with E-state index in [0.29, 0.717) is 15.7 Å². The van der Waals surface area contributed by atoms with Crippen LogP contribution in [0.5, 0.6) is 0 Å². The van der Waals surface area contributed by atoms with Crippen molar-refractivity contribution in [2.24, 2.45) is 0 Å². The van der Waals surface area contributed by atoms with E-state index in [1.807, 2.05) is 6.26 Å². The van der Waals surface area contributed by atoms with Gasteiger partial charge in [0.1, 0.15) is 15.7 Å². The van der Waals surface area contributed by atoms with Crippen LogP contribution in [0.2, 0.25) is 0 Å². The van der Waals surface area contributed by atoms with Gasteiger partial charge in [0.05, 0.1) is 5.75 Å². The van der Waals surface area contributed by atoms with Crippen molar-refractivity contribution in [3.8, 4) is 0 Å². The van der Waals surface area contributed by atoms with Gasteiger partial charge in [-0.1, -0.05) is 23.5 Å². The maximum atomic E-state index is 11.3. The first-order valence-corrected chi connectivity index (χ1v) is 7.25. The van der Waals surface area contributed by atoms with Gasteiger partial charge in [0, 0.05) is 6.92 Å². The molecule has 1 heterocycles. The molecule has 0 aliphatic carbocycles. The molecule has 0 aliphatic rings. The summed E-state index contributed by atoms with van der Waals surface area (Å²) in [5.41, 5.74) is 0. The first-order valence-electron chi connectivity index (χ1n) is 4.22. The smallest absolute Gasteiger partial charge is 0.172 e. The Labute approximate surface area is 101 Å². The fraction of sp³-hybridized carbons (Fsp3) is 0.444. The number of ketones is 2. The standard InChI is InChI=1S/C9H11NO2S3/c1-5(11)4-14-8-7(6(2)12)15-9(10-8)13-3/h4H2,1-3H3. The third kappa shape index (κ3) is 3.62. The van der Waals surface area contributed by atoms with Gasteiger partial charge in [0.2, 0.25) is 0 Å². The van der Waals surface area contributed by atoms with Gasteiger partial charge in [-0.25, -0.2) is 4.98 Å². The second-order valence-electron chi connectivity index (χ2n) is 2.87. The van der Waals surface area contributed by atoms with Gasteiger partial charge in [0.25, 0.3) is 0 Å². The highest BCUT2D eigenvalue weighted by molar-refractivity contribution is 8.01. The van der Waals surface area contributed by atoms with Crippen LogP contribution in [-0.2, 0) is 4.79 Å². The van der Waals surface area contributed by atoms with Crippen LogP contribution in [0.15, 0.2) is 9.37 Å². The normalized spacial score (nSPS) is 10.3. The third-order valence-electron chi connectivity index (χ3n) is 1.48. The second kappa shape index (κ2) is 5.67. The van der Waals surface area contributed by atoms with E-state index in [0.717, 1.165) is 4.34 Å². The lowest BCUT2D eigenvalue weighted by Gasteiger charge is -1.95. The van der Waals surface area contributed by atoms with Crippen molar-refractivity contribution < 1.29 is 9.59 Å². The summed E-state index contributed by atoms with van der Waals surface area (Å²) in [5, 5.41) is 0.687. The molecular formula is C9H11NO2S3. The predicted octanol–water partition coefficient (Wildman–Crippen LogP) is 2.75. The van der Waals surface area contributed by atoms with Crippen molar-refractivity contribution in [1.82, 2.24) is 4.98 Å². The monoisotopic (exact) mass is 261 g/mol. The Hall–Kier alpha value is -0.330. The molecule has 1 aromatic heterocycles. The van der Waals surface area contributed by atoms with Crippen molar-refractivity contribution in [1.29, 1.82) is 0 Å². The highest BCUT2D eigenvalue weighted by Crippen LogP contribution is 2.32. The molecule has 0 unspecified atom stereocenters. The Morgan fingerprint density at radius 1 is 1.40 bits per heavy atom. The van der Waals surface area contributed by atoms with Gasteiger partial charge in [-0.2, -0.15) is 0 Å². The number of aromatic nitrogens is 1. The summed E-state index contributed by atoms with van der Waals surface area (Å²) in [5.74, 6) is 0.477. The molecule has 15 heavy (non-hydrogen) atoms. The minimum atomic E-state index is 0.0128. The number of rotatable bonds is 5. The van der Waals surface area contributed by atoms with Crippen molar-refractivity contribution in [2.75, 3.05) is 12.0 Å². The van der Waals surface area contributed by atoms with Gasteiger partial charge in [-0.15, -0.1) is 11.3 Å². The van der Waals surface area contributed by atoms with E-state index in [2.05, 4.69) is 4.98 Å². The van der Waals surface area contributed by atoms with Crippen LogP contribution in [0.4, 0.5) is 0 Å². The average molecular weight is 261 g/mol. The summed E-state index contributed by atoms with van der Waals surface area (Å²) in [7, 11) is 0. The summed E-state index contributed by atoms with van der Waals surface area (Å²) in [4.78, 5) is 27.1. The maximum absolute atomic E-state index is 11.3. The molecule has 0 spiro atoms. The molecule has 1 rings (SSSR count). The van der Waals surface area contributed by atoms with E-state index in [1.165, 1.54) is 48.7 Å². The first-order chi connectivity index (χ1) is 7.04. The summed E-state index contributed by atoms with van der Waals surface area (Å²) < 4.78 is 0.867. The van der Waals surface area contributed by atoms with E-state index < -0.39 is 0 Å². The summed E-state index contributed by atoms with van der Waals surface area (Å²) in [6.07, 6.45) is 1.92. The zero-order chi connectivity index (χ0) is 11.4. The number of hydrogen-bond acceptors (Lipinski definition) is 6. The number of hydrogen-bond donors (Lipinski definition) is 0. The molecule has 0 saturated heterocycles. The lowest BCUT2D eigenvalue weighted by Crippen LogP contribution is -1.96. The van der Waals surface area contributed by atoms with Crippen LogP contribution < -0.4 is 0 Å². The molecule has 3 nitrogen and oxygen atoms in total. The second-order valence-corrected chi connectivity index (χ2v) is 5.88. The molecule has 0 bridgehead atoms. The third-order valence-corrected chi connectivity index (χ3v) is 4.87.